The van der Waals surface area contributed by atoms with E-state index in [1.807, 2.05) is 60.7 Å². The fourth-order valence-corrected chi connectivity index (χ4v) is 3.54. The lowest BCUT2D eigenvalue weighted by molar-refractivity contribution is -0.119. The van der Waals surface area contributed by atoms with E-state index >= 15 is 0 Å². The van der Waals surface area contributed by atoms with Crippen molar-refractivity contribution in [3.05, 3.63) is 83.9 Å². The molecule has 3 N–H and O–H groups in total. The second-order valence-corrected chi connectivity index (χ2v) is 7.00. The van der Waals surface area contributed by atoms with Gasteiger partial charge in [-0.2, -0.15) is 0 Å². The molecule has 0 aliphatic rings. The van der Waals surface area contributed by atoms with Gasteiger partial charge in [0, 0.05) is 17.2 Å². The predicted octanol–water partition coefficient (Wildman–Crippen LogP) is 3.22. The molecule has 150 valence electrons. The molecule has 0 saturated heterocycles. The van der Waals surface area contributed by atoms with Crippen molar-refractivity contribution in [1.82, 2.24) is 10.3 Å². The minimum atomic E-state index is -0.850. The minimum Gasteiger partial charge on any atom is -0.497 e. The number of hydrogen-bond donors (Lipinski definition) is 2. The minimum absolute atomic E-state index is 0.284. The van der Waals surface area contributed by atoms with Gasteiger partial charge in [0.2, 0.25) is 5.91 Å². The number of nitrogens with two attached hydrogens (primary N) is 1. The van der Waals surface area contributed by atoms with Crippen molar-refractivity contribution < 1.29 is 14.3 Å². The SMILES string of the molecule is COc1ccc(C[C@@H](NC(=O)c2c3ccccc3nc3ccccc23)C(N)=O)cc1. The van der Waals surface area contributed by atoms with E-state index in [1.165, 1.54) is 0 Å². The maximum absolute atomic E-state index is 13.3. The number of pyridine rings is 1. The van der Waals surface area contributed by atoms with E-state index in [9.17, 15) is 9.59 Å². The Morgan fingerprint density at radius 1 is 0.933 bits per heavy atom. The monoisotopic (exact) mass is 399 g/mol. The number of rotatable bonds is 6. The van der Waals surface area contributed by atoms with E-state index in [2.05, 4.69) is 10.3 Å². The second-order valence-electron chi connectivity index (χ2n) is 7.00. The fraction of sp³-hybridized carbons (Fsp3) is 0.125. The summed E-state index contributed by atoms with van der Waals surface area (Å²) in [6, 6.07) is 21.4. The van der Waals surface area contributed by atoms with E-state index in [1.54, 1.807) is 19.2 Å². The molecule has 1 atom stereocenters. The molecule has 30 heavy (non-hydrogen) atoms. The number of para-hydroxylation sites is 2. The summed E-state index contributed by atoms with van der Waals surface area (Å²) < 4.78 is 5.16. The van der Waals surface area contributed by atoms with Crippen LogP contribution in [0.1, 0.15) is 15.9 Å². The standard InChI is InChI=1S/C24H21N3O3/c1-30-16-12-10-15(11-13-16)14-21(23(25)28)27-24(29)22-17-6-2-4-8-19(17)26-20-9-5-3-7-18(20)22/h2-13,21H,14H2,1H3,(H2,25,28)(H,27,29)/t21-/m1/s1. The first-order valence-electron chi connectivity index (χ1n) is 9.57. The van der Waals surface area contributed by atoms with Crippen LogP contribution in [0.4, 0.5) is 0 Å². The highest BCUT2D eigenvalue weighted by atomic mass is 16.5. The molecule has 4 aromatic rings. The van der Waals surface area contributed by atoms with Crippen LogP contribution < -0.4 is 15.8 Å². The van der Waals surface area contributed by atoms with Crippen LogP contribution in [-0.4, -0.2) is 29.9 Å². The molecule has 4 rings (SSSR count). The van der Waals surface area contributed by atoms with Gasteiger partial charge < -0.3 is 15.8 Å². The number of ether oxygens (including phenoxy) is 1. The van der Waals surface area contributed by atoms with Gasteiger partial charge in [-0.15, -0.1) is 0 Å². The van der Waals surface area contributed by atoms with Gasteiger partial charge in [-0.25, -0.2) is 4.98 Å². The molecule has 0 spiro atoms. The zero-order valence-corrected chi connectivity index (χ0v) is 16.5. The smallest absolute Gasteiger partial charge is 0.253 e. The van der Waals surface area contributed by atoms with Crippen molar-refractivity contribution in [3.63, 3.8) is 0 Å². The number of carbonyl (C=O) groups excluding carboxylic acids is 2. The van der Waals surface area contributed by atoms with Crippen molar-refractivity contribution in [2.75, 3.05) is 7.11 Å². The van der Waals surface area contributed by atoms with Crippen LogP contribution >= 0.6 is 0 Å². The van der Waals surface area contributed by atoms with Gasteiger partial charge >= 0.3 is 0 Å². The van der Waals surface area contributed by atoms with Crippen LogP contribution in [-0.2, 0) is 11.2 Å². The van der Waals surface area contributed by atoms with Gasteiger partial charge in [-0.05, 0) is 29.8 Å². The number of nitrogens with one attached hydrogen (secondary N) is 1. The lowest BCUT2D eigenvalue weighted by atomic mass is 10.0. The predicted molar refractivity (Wildman–Crippen MR) is 116 cm³/mol. The van der Waals surface area contributed by atoms with Crippen LogP contribution in [0.2, 0.25) is 0 Å². The summed E-state index contributed by atoms with van der Waals surface area (Å²) in [5.41, 5.74) is 8.38. The maximum atomic E-state index is 13.3. The highest BCUT2D eigenvalue weighted by molar-refractivity contribution is 6.16. The molecule has 0 saturated carbocycles. The molecule has 1 heterocycles. The van der Waals surface area contributed by atoms with E-state index in [-0.39, 0.29) is 12.3 Å². The summed E-state index contributed by atoms with van der Waals surface area (Å²) in [7, 11) is 1.59. The highest BCUT2D eigenvalue weighted by Crippen LogP contribution is 2.26. The van der Waals surface area contributed by atoms with Crippen LogP contribution in [0.3, 0.4) is 0 Å². The molecule has 0 unspecified atom stereocenters. The molecule has 3 aromatic carbocycles. The van der Waals surface area contributed by atoms with Crippen molar-refractivity contribution in [1.29, 1.82) is 0 Å². The molecular weight excluding hydrogens is 378 g/mol. The molecule has 0 fully saturated rings. The molecular formula is C24H21N3O3. The van der Waals surface area contributed by atoms with Crippen molar-refractivity contribution >= 4 is 33.6 Å². The average molecular weight is 399 g/mol. The third-order valence-corrected chi connectivity index (χ3v) is 5.06. The fourth-order valence-electron chi connectivity index (χ4n) is 3.54. The summed E-state index contributed by atoms with van der Waals surface area (Å²) in [5.74, 6) is -0.239. The molecule has 0 bridgehead atoms. The highest BCUT2D eigenvalue weighted by Gasteiger charge is 2.22. The van der Waals surface area contributed by atoms with E-state index in [0.29, 0.717) is 22.3 Å². The Morgan fingerprint density at radius 3 is 2.03 bits per heavy atom. The van der Waals surface area contributed by atoms with E-state index in [4.69, 9.17) is 10.5 Å². The van der Waals surface area contributed by atoms with Gasteiger partial charge in [0.15, 0.2) is 0 Å². The molecule has 2 amide bonds. The van der Waals surface area contributed by atoms with Crippen LogP contribution in [0.25, 0.3) is 21.8 Å². The third-order valence-electron chi connectivity index (χ3n) is 5.06. The second kappa shape index (κ2) is 8.21. The topological polar surface area (TPSA) is 94.3 Å². The first-order valence-corrected chi connectivity index (χ1v) is 9.57. The molecule has 6 heteroatoms. The van der Waals surface area contributed by atoms with Crippen molar-refractivity contribution in [2.45, 2.75) is 12.5 Å². The summed E-state index contributed by atoms with van der Waals surface area (Å²) in [5, 5.41) is 4.27. The Hall–Kier alpha value is -3.93. The van der Waals surface area contributed by atoms with Crippen LogP contribution in [0, 0.1) is 0 Å². The molecule has 0 aliphatic heterocycles. The van der Waals surface area contributed by atoms with Crippen LogP contribution in [0.15, 0.2) is 72.8 Å². The van der Waals surface area contributed by atoms with Crippen LogP contribution in [0.5, 0.6) is 5.75 Å². The third kappa shape index (κ3) is 3.80. The Balaban J connectivity index is 1.70. The first kappa shape index (κ1) is 19.4. The van der Waals surface area contributed by atoms with Crippen molar-refractivity contribution in [2.24, 2.45) is 5.73 Å². The summed E-state index contributed by atoms with van der Waals surface area (Å²) in [6.45, 7) is 0. The number of amides is 2. The van der Waals surface area contributed by atoms with Gasteiger partial charge in [-0.1, -0.05) is 48.5 Å². The van der Waals surface area contributed by atoms with E-state index in [0.717, 1.165) is 16.3 Å². The summed E-state index contributed by atoms with van der Waals surface area (Å²) >= 11 is 0. The number of benzene rings is 3. The molecule has 0 radical (unpaired) electrons. The van der Waals surface area contributed by atoms with Gasteiger partial charge in [0.05, 0.1) is 23.7 Å². The summed E-state index contributed by atoms with van der Waals surface area (Å²) in [6.07, 6.45) is 0.284. The number of aromatic nitrogens is 1. The van der Waals surface area contributed by atoms with Gasteiger partial charge in [0.25, 0.3) is 5.91 Å². The van der Waals surface area contributed by atoms with Crippen molar-refractivity contribution in [3.8, 4) is 5.75 Å². The largest absolute Gasteiger partial charge is 0.497 e. The Bertz CT molecular complexity index is 1180. The number of primary amides is 1. The maximum Gasteiger partial charge on any atom is 0.253 e. The van der Waals surface area contributed by atoms with Gasteiger partial charge in [0.1, 0.15) is 11.8 Å². The molecule has 6 nitrogen and oxygen atoms in total. The Labute approximate surface area is 173 Å². The lowest BCUT2D eigenvalue weighted by Gasteiger charge is -2.17. The normalized spacial score (nSPS) is 11.9. The number of nitrogens with zero attached hydrogens (tertiary/aromatic N) is 1. The Morgan fingerprint density at radius 2 is 1.50 bits per heavy atom. The number of fused-ring (bicyclic) bond motifs is 2. The lowest BCUT2D eigenvalue weighted by Crippen LogP contribution is -2.46. The quantitative estimate of drug-likeness (QED) is 0.487. The number of hydrogen-bond acceptors (Lipinski definition) is 4. The Kier molecular flexibility index (Phi) is 5.30. The molecule has 1 aromatic heterocycles. The zero-order chi connectivity index (χ0) is 21.1. The zero-order valence-electron chi connectivity index (χ0n) is 16.5. The van der Waals surface area contributed by atoms with E-state index < -0.39 is 11.9 Å². The number of methoxy groups -OCH3 is 1. The van der Waals surface area contributed by atoms with Gasteiger partial charge in [-0.3, -0.25) is 9.59 Å². The first-order chi connectivity index (χ1) is 14.6. The average Bonchev–Trinajstić information content (AvgIpc) is 2.77. The molecule has 0 aliphatic carbocycles. The summed E-state index contributed by atoms with van der Waals surface area (Å²) in [4.78, 5) is 30.0. The number of carbonyl (C=O) groups is 2.